The molecule has 0 aliphatic carbocycles. The Bertz CT molecular complexity index is 163. The molecule has 0 aromatic heterocycles. The van der Waals surface area contributed by atoms with E-state index in [2.05, 4.69) is 0 Å². The molecule has 0 heterocycles. The van der Waals surface area contributed by atoms with Gasteiger partial charge in [0, 0.05) is 0 Å². The number of methoxy groups -OCH3 is 2. The van der Waals surface area contributed by atoms with Crippen LogP contribution < -0.4 is 0 Å². The molecule has 0 N–H and O–H groups in total. The van der Waals surface area contributed by atoms with E-state index in [4.69, 9.17) is 14.2 Å². The summed E-state index contributed by atoms with van der Waals surface area (Å²) in [7, 11) is 3.14. The maximum atomic E-state index is 5.31. The molecule has 13 heavy (non-hydrogen) atoms. The summed E-state index contributed by atoms with van der Waals surface area (Å²) < 4.78 is 15.3. The molecule has 0 bridgehead atoms. The maximum absolute atomic E-state index is 5.31. The van der Waals surface area contributed by atoms with Crippen LogP contribution in [0.5, 0.6) is 0 Å². The van der Waals surface area contributed by atoms with Gasteiger partial charge in [-0.1, -0.05) is 13.8 Å². The van der Waals surface area contributed by atoms with Crippen molar-refractivity contribution < 1.29 is 14.2 Å². The lowest BCUT2D eigenvalue weighted by atomic mass is 10.4. The van der Waals surface area contributed by atoms with Gasteiger partial charge in [-0.3, -0.25) is 0 Å². The second kappa shape index (κ2) is 7.53. The molecule has 3 heteroatoms. The summed E-state index contributed by atoms with van der Waals surface area (Å²) in [5.74, 6) is 0.952. The summed E-state index contributed by atoms with van der Waals surface area (Å²) in [4.78, 5) is 0. The Hall–Kier alpha value is -1.12. The van der Waals surface area contributed by atoms with Crippen LogP contribution in [-0.4, -0.2) is 14.2 Å². The van der Waals surface area contributed by atoms with Crippen LogP contribution in [0.2, 0.25) is 0 Å². The SMILES string of the molecule is CC/C=C(\OC)O/C(=C/CC)OC. The fourth-order valence-electron chi connectivity index (χ4n) is 0.766. The predicted octanol–water partition coefficient (Wildman–Crippen LogP) is 2.80. The largest absolute Gasteiger partial charge is 0.469 e. The van der Waals surface area contributed by atoms with Crippen LogP contribution >= 0.6 is 0 Å². The molecule has 0 spiro atoms. The van der Waals surface area contributed by atoms with Gasteiger partial charge in [0.15, 0.2) is 0 Å². The molecule has 0 radical (unpaired) electrons. The van der Waals surface area contributed by atoms with Crippen molar-refractivity contribution in [2.24, 2.45) is 0 Å². The second-order valence-corrected chi connectivity index (χ2v) is 2.37. The van der Waals surface area contributed by atoms with Crippen LogP contribution in [-0.2, 0) is 14.2 Å². The zero-order chi connectivity index (χ0) is 10.1. The van der Waals surface area contributed by atoms with E-state index >= 15 is 0 Å². The zero-order valence-electron chi connectivity index (χ0n) is 8.79. The third-order valence-corrected chi connectivity index (χ3v) is 1.35. The van der Waals surface area contributed by atoms with E-state index in [9.17, 15) is 0 Å². The van der Waals surface area contributed by atoms with Crippen molar-refractivity contribution in [3.8, 4) is 0 Å². The van der Waals surface area contributed by atoms with Crippen molar-refractivity contribution in [2.75, 3.05) is 14.2 Å². The number of hydrogen-bond donors (Lipinski definition) is 0. The van der Waals surface area contributed by atoms with Crippen molar-refractivity contribution >= 4 is 0 Å². The van der Waals surface area contributed by atoms with Crippen LogP contribution in [0.15, 0.2) is 24.0 Å². The third kappa shape index (κ3) is 5.17. The summed E-state index contributed by atoms with van der Waals surface area (Å²) in [6, 6.07) is 0. The summed E-state index contributed by atoms with van der Waals surface area (Å²) in [6.07, 6.45) is 5.43. The lowest BCUT2D eigenvalue weighted by Gasteiger charge is -2.09. The van der Waals surface area contributed by atoms with E-state index in [-0.39, 0.29) is 0 Å². The van der Waals surface area contributed by atoms with Gasteiger partial charge < -0.3 is 14.2 Å². The molecule has 0 saturated heterocycles. The normalized spacial score (nSPS) is 12.6. The first-order valence-corrected chi connectivity index (χ1v) is 4.44. The first kappa shape index (κ1) is 11.9. The molecule has 0 aliphatic rings. The standard InChI is InChI=1S/C10H18O3/c1-5-7-9(11-3)13-10(12-4)8-6-2/h7-8H,5-6H2,1-4H3/b9-7+,10-8+. The average Bonchev–Trinajstić information content (AvgIpc) is 2.16. The Balaban J connectivity index is 4.19. The highest BCUT2D eigenvalue weighted by atomic mass is 16.7. The molecule has 0 saturated carbocycles. The molecule has 0 fully saturated rings. The zero-order valence-corrected chi connectivity index (χ0v) is 8.79. The van der Waals surface area contributed by atoms with Crippen molar-refractivity contribution in [1.29, 1.82) is 0 Å². The van der Waals surface area contributed by atoms with Gasteiger partial charge in [0.2, 0.25) is 0 Å². The highest BCUT2D eigenvalue weighted by Crippen LogP contribution is 2.09. The Morgan fingerprint density at radius 3 is 1.54 bits per heavy atom. The molecule has 0 atom stereocenters. The molecule has 0 amide bonds. The average molecular weight is 186 g/mol. The third-order valence-electron chi connectivity index (χ3n) is 1.35. The summed E-state index contributed by atoms with van der Waals surface area (Å²) in [5, 5.41) is 0. The fourth-order valence-corrected chi connectivity index (χ4v) is 0.766. The number of rotatable bonds is 6. The molecule has 0 rings (SSSR count). The van der Waals surface area contributed by atoms with Crippen molar-refractivity contribution in [2.45, 2.75) is 26.7 Å². The molecule has 3 nitrogen and oxygen atoms in total. The van der Waals surface area contributed by atoms with Crippen molar-refractivity contribution in [3.63, 3.8) is 0 Å². The Labute approximate surface area is 80.0 Å². The Kier molecular flexibility index (Phi) is 6.88. The van der Waals surface area contributed by atoms with Crippen molar-refractivity contribution in [1.82, 2.24) is 0 Å². The first-order valence-electron chi connectivity index (χ1n) is 4.44. The van der Waals surface area contributed by atoms with E-state index < -0.39 is 0 Å². The van der Waals surface area contributed by atoms with Crippen LogP contribution in [0.1, 0.15) is 26.7 Å². The quantitative estimate of drug-likeness (QED) is 0.597. The highest BCUT2D eigenvalue weighted by Gasteiger charge is 2.01. The van der Waals surface area contributed by atoms with Gasteiger partial charge in [0.25, 0.3) is 11.9 Å². The maximum Gasteiger partial charge on any atom is 0.282 e. The topological polar surface area (TPSA) is 27.7 Å². The Morgan fingerprint density at radius 1 is 0.923 bits per heavy atom. The molecular weight excluding hydrogens is 168 g/mol. The predicted molar refractivity (Wildman–Crippen MR) is 51.9 cm³/mol. The van der Waals surface area contributed by atoms with Gasteiger partial charge in [-0.2, -0.15) is 0 Å². The van der Waals surface area contributed by atoms with Gasteiger partial charge in [0.1, 0.15) is 0 Å². The van der Waals surface area contributed by atoms with Crippen LogP contribution in [0.4, 0.5) is 0 Å². The van der Waals surface area contributed by atoms with E-state index in [0.717, 1.165) is 12.8 Å². The van der Waals surface area contributed by atoms with Gasteiger partial charge in [-0.05, 0) is 25.0 Å². The van der Waals surface area contributed by atoms with Crippen molar-refractivity contribution in [3.05, 3.63) is 24.0 Å². The van der Waals surface area contributed by atoms with E-state index in [0.29, 0.717) is 11.9 Å². The van der Waals surface area contributed by atoms with E-state index in [1.807, 2.05) is 26.0 Å². The number of allylic oxidation sites excluding steroid dienone is 2. The van der Waals surface area contributed by atoms with E-state index in [1.165, 1.54) is 0 Å². The van der Waals surface area contributed by atoms with Crippen LogP contribution in [0, 0.1) is 0 Å². The summed E-state index contributed by atoms with van der Waals surface area (Å²) in [6.45, 7) is 4.02. The minimum Gasteiger partial charge on any atom is -0.469 e. The van der Waals surface area contributed by atoms with E-state index in [1.54, 1.807) is 14.2 Å². The first-order chi connectivity index (χ1) is 6.28. The van der Waals surface area contributed by atoms with Gasteiger partial charge in [-0.25, -0.2) is 0 Å². The number of ether oxygens (including phenoxy) is 3. The number of hydrogen-bond acceptors (Lipinski definition) is 3. The van der Waals surface area contributed by atoms with Crippen LogP contribution in [0.3, 0.4) is 0 Å². The Morgan fingerprint density at radius 2 is 1.31 bits per heavy atom. The lowest BCUT2D eigenvalue weighted by Crippen LogP contribution is -1.97. The molecule has 0 unspecified atom stereocenters. The molecule has 0 aromatic rings. The monoisotopic (exact) mass is 186 g/mol. The molecular formula is C10H18O3. The fraction of sp³-hybridized carbons (Fsp3) is 0.600. The minimum absolute atomic E-state index is 0.476. The lowest BCUT2D eigenvalue weighted by molar-refractivity contribution is 0.0247. The molecule has 0 aliphatic heterocycles. The second-order valence-electron chi connectivity index (χ2n) is 2.37. The summed E-state index contributed by atoms with van der Waals surface area (Å²) >= 11 is 0. The van der Waals surface area contributed by atoms with Gasteiger partial charge in [-0.15, -0.1) is 0 Å². The minimum atomic E-state index is 0.476. The molecule has 0 aromatic carbocycles. The highest BCUT2D eigenvalue weighted by molar-refractivity contribution is 4.91. The van der Waals surface area contributed by atoms with Gasteiger partial charge in [0.05, 0.1) is 14.2 Å². The van der Waals surface area contributed by atoms with Crippen LogP contribution in [0.25, 0.3) is 0 Å². The molecule has 76 valence electrons. The smallest absolute Gasteiger partial charge is 0.282 e. The van der Waals surface area contributed by atoms with Gasteiger partial charge >= 0.3 is 0 Å². The summed E-state index contributed by atoms with van der Waals surface area (Å²) in [5.41, 5.74) is 0.